The number of aliphatic hydroxyl groups is 2. The van der Waals surface area contributed by atoms with E-state index in [0.717, 1.165) is 12.3 Å². The van der Waals surface area contributed by atoms with Gasteiger partial charge in [0.15, 0.2) is 0 Å². The molecule has 2 aliphatic carbocycles. The van der Waals surface area contributed by atoms with E-state index in [0.29, 0.717) is 6.61 Å². The van der Waals surface area contributed by atoms with Crippen molar-refractivity contribution in [2.45, 2.75) is 102 Å². The molecular weight excluding hydrogens is 372 g/mol. The molecule has 0 radical (unpaired) electrons. The summed E-state index contributed by atoms with van der Waals surface area (Å²) in [5.74, 6) is 0.943. The van der Waals surface area contributed by atoms with Crippen molar-refractivity contribution in [1.29, 1.82) is 0 Å². The van der Waals surface area contributed by atoms with Crippen molar-refractivity contribution in [2.75, 3.05) is 13.2 Å². The zero-order chi connectivity index (χ0) is 17.2. The molecule has 0 bridgehead atoms. The van der Waals surface area contributed by atoms with Gasteiger partial charge in [-0.2, -0.15) is 12.8 Å². The third-order valence-corrected chi connectivity index (χ3v) is 5.61. The summed E-state index contributed by atoms with van der Waals surface area (Å²) in [6.07, 6.45) is 15.6. The van der Waals surface area contributed by atoms with Gasteiger partial charge in [-0.25, -0.2) is 0 Å². The van der Waals surface area contributed by atoms with Crippen molar-refractivity contribution >= 4 is 0 Å². The van der Waals surface area contributed by atoms with Crippen molar-refractivity contribution in [3.63, 3.8) is 0 Å². The van der Waals surface area contributed by atoms with Crippen molar-refractivity contribution in [3.05, 3.63) is 13.8 Å². The molecule has 0 amide bonds. The Bertz CT molecular complexity index is 312. The second-order valence-corrected chi connectivity index (χ2v) is 7.61. The van der Waals surface area contributed by atoms with E-state index in [-0.39, 0.29) is 43.3 Å². The molecule has 2 saturated carbocycles. The first-order chi connectivity index (χ1) is 11.7. The number of hydrogen-bond donors (Lipinski definition) is 2. The van der Waals surface area contributed by atoms with E-state index in [1.165, 1.54) is 64.2 Å². The van der Waals surface area contributed by atoms with Gasteiger partial charge in [-0.1, -0.05) is 51.4 Å². The second-order valence-electron chi connectivity index (χ2n) is 7.61. The molecule has 0 aromatic carbocycles. The van der Waals surface area contributed by atoms with E-state index in [1.807, 2.05) is 6.92 Å². The third kappa shape index (κ3) is 9.03. The normalized spacial score (nSPS) is 31.0. The van der Waals surface area contributed by atoms with Gasteiger partial charge in [0.1, 0.15) is 18.3 Å². The monoisotopic (exact) mass is 412 g/mol. The molecule has 3 aliphatic rings. The molecular formula is C21H40FeO4. The maximum Gasteiger partial charge on any atom is 2.00 e. The first-order valence-electron chi connectivity index (χ1n) is 10.1. The Morgan fingerprint density at radius 1 is 1.08 bits per heavy atom. The fraction of sp³-hybridized carbons (Fsp3) is 0.905. The number of hydrogen-bond acceptors (Lipinski definition) is 4. The SMILES string of the molecule is C[C@@H]1O[C@H](CO)[C@H](O)C1OCCCCC1CCCC1.[CH-]1CCCC1.[CH3-].[Fe+2]. The molecule has 3 fully saturated rings. The van der Waals surface area contributed by atoms with E-state index in [9.17, 15) is 5.11 Å². The minimum Gasteiger partial charge on any atom is -0.394 e. The molecule has 26 heavy (non-hydrogen) atoms. The minimum atomic E-state index is -0.699. The Labute approximate surface area is 171 Å². The fourth-order valence-corrected chi connectivity index (χ4v) is 4.08. The van der Waals surface area contributed by atoms with Gasteiger partial charge in [-0.3, -0.25) is 0 Å². The van der Waals surface area contributed by atoms with Gasteiger partial charge >= 0.3 is 17.1 Å². The van der Waals surface area contributed by atoms with Crippen LogP contribution >= 0.6 is 0 Å². The minimum absolute atomic E-state index is 0. The summed E-state index contributed by atoms with van der Waals surface area (Å²) in [4.78, 5) is 0. The second kappa shape index (κ2) is 15.3. The summed E-state index contributed by atoms with van der Waals surface area (Å²) in [6, 6.07) is 0. The number of ether oxygens (including phenoxy) is 2. The molecule has 4 atom stereocenters. The van der Waals surface area contributed by atoms with E-state index >= 15 is 0 Å². The average Bonchev–Trinajstić information content (AvgIpc) is 3.33. The van der Waals surface area contributed by atoms with Crippen LogP contribution in [-0.4, -0.2) is 47.8 Å². The van der Waals surface area contributed by atoms with E-state index in [2.05, 4.69) is 6.42 Å². The van der Waals surface area contributed by atoms with Crippen molar-refractivity contribution in [2.24, 2.45) is 5.92 Å². The molecule has 156 valence electrons. The predicted molar refractivity (Wildman–Crippen MR) is 102 cm³/mol. The summed E-state index contributed by atoms with van der Waals surface area (Å²) in [5.41, 5.74) is 0. The standard InChI is InChI=1S/C15H28O4.C5H9.CH3.Fe/c1-11-15(14(17)13(10-16)19-11)18-9-5-4-8-12-6-2-3-7-12;1-2-4-5-3-1;;/h11-17H,2-10H2,1H3;1H,2-5H2;1H3;/q;2*-1;+2/t11-,13+,14-,15?;;;/m0.../s1. The summed E-state index contributed by atoms with van der Waals surface area (Å²) in [6.45, 7) is 2.43. The Morgan fingerprint density at radius 3 is 2.23 bits per heavy atom. The van der Waals surface area contributed by atoms with Crippen molar-refractivity contribution in [3.8, 4) is 0 Å². The number of aliphatic hydroxyl groups excluding tert-OH is 2. The quantitative estimate of drug-likeness (QED) is 0.376. The molecule has 0 aromatic rings. The zero-order valence-electron chi connectivity index (χ0n) is 16.7. The molecule has 1 saturated heterocycles. The van der Waals surface area contributed by atoms with Crippen molar-refractivity contribution in [1.82, 2.24) is 0 Å². The van der Waals surface area contributed by atoms with Gasteiger partial charge < -0.3 is 33.5 Å². The average molecular weight is 412 g/mol. The molecule has 1 unspecified atom stereocenters. The maximum atomic E-state index is 9.94. The van der Waals surface area contributed by atoms with Crippen LogP contribution < -0.4 is 0 Å². The van der Waals surface area contributed by atoms with Crippen LogP contribution in [0.1, 0.15) is 77.6 Å². The van der Waals surface area contributed by atoms with Crippen LogP contribution in [0.15, 0.2) is 0 Å². The molecule has 1 aliphatic heterocycles. The van der Waals surface area contributed by atoms with Crippen LogP contribution in [0.25, 0.3) is 0 Å². The summed E-state index contributed by atoms with van der Waals surface area (Å²) in [5, 5.41) is 19.0. The smallest absolute Gasteiger partial charge is 0.394 e. The predicted octanol–water partition coefficient (Wildman–Crippen LogP) is 4.09. The van der Waals surface area contributed by atoms with Gasteiger partial charge in [-0.05, 0) is 19.3 Å². The van der Waals surface area contributed by atoms with Gasteiger partial charge in [-0.15, -0.1) is 0 Å². The van der Waals surface area contributed by atoms with Gasteiger partial charge in [0.05, 0.1) is 12.7 Å². The molecule has 5 heteroatoms. The van der Waals surface area contributed by atoms with E-state index < -0.39 is 12.2 Å². The van der Waals surface area contributed by atoms with Crippen LogP contribution in [0.2, 0.25) is 0 Å². The first-order valence-corrected chi connectivity index (χ1v) is 10.1. The van der Waals surface area contributed by atoms with Gasteiger partial charge in [0, 0.05) is 6.61 Å². The molecule has 0 aromatic heterocycles. The molecule has 2 N–H and O–H groups in total. The topological polar surface area (TPSA) is 58.9 Å². The van der Waals surface area contributed by atoms with Gasteiger partial charge in [0.25, 0.3) is 0 Å². The van der Waals surface area contributed by atoms with Crippen LogP contribution in [0.5, 0.6) is 0 Å². The Hall–Kier alpha value is 0.359. The molecule has 0 spiro atoms. The first kappa shape index (κ1) is 26.4. The van der Waals surface area contributed by atoms with Crippen LogP contribution in [-0.2, 0) is 26.5 Å². The third-order valence-electron chi connectivity index (χ3n) is 5.61. The summed E-state index contributed by atoms with van der Waals surface area (Å²) >= 11 is 0. The fourth-order valence-electron chi connectivity index (χ4n) is 4.08. The largest absolute Gasteiger partial charge is 2.00 e. The number of rotatable bonds is 7. The van der Waals surface area contributed by atoms with Gasteiger partial charge in [0.2, 0.25) is 0 Å². The van der Waals surface area contributed by atoms with Crippen molar-refractivity contribution < 1.29 is 36.8 Å². The Balaban J connectivity index is 0.000000774. The summed E-state index contributed by atoms with van der Waals surface area (Å²) in [7, 11) is 0. The molecule has 4 nitrogen and oxygen atoms in total. The maximum absolute atomic E-state index is 9.94. The van der Waals surface area contributed by atoms with E-state index in [4.69, 9.17) is 14.6 Å². The van der Waals surface area contributed by atoms with Crippen LogP contribution in [0.4, 0.5) is 0 Å². The Morgan fingerprint density at radius 2 is 1.73 bits per heavy atom. The summed E-state index contributed by atoms with van der Waals surface area (Å²) < 4.78 is 11.2. The van der Waals surface area contributed by atoms with Crippen LogP contribution in [0.3, 0.4) is 0 Å². The zero-order valence-corrected chi connectivity index (χ0v) is 17.8. The van der Waals surface area contributed by atoms with E-state index in [1.54, 1.807) is 0 Å². The number of unbranched alkanes of at least 4 members (excludes halogenated alkanes) is 1. The Kier molecular flexibility index (Phi) is 15.5. The molecule has 1 heterocycles. The molecule has 3 rings (SSSR count). The van der Waals surface area contributed by atoms with Crippen LogP contribution in [0, 0.1) is 19.8 Å².